The van der Waals surface area contributed by atoms with Gasteiger partial charge in [0.15, 0.2) is 5.78 Å². The van der Waals surface area contributed by atoms with E-state index in [1.54, 1.807) is 48.5 Å². The number of ketones is 1. The average molecular weight is 357 g/mol. The van der Waals surface area contributed by atoms with Gasteiger partial charge in [0.1, 0.15) is 23.9 Å². The molecule has 3 aromatic rings. The summed E-state index contributed by atoms with van der Waals surface area (Å²) in [5.41, 5.74) is 2.27. The van der Waals surface area contributed by atoms with Crippen molar-refractivity contribution in [2.24, 2.45) is 0 Å². The van der Waals surface area contributed by atoms with E-state index in [9.17, 15) is 9.59 Å². The van der Waals surface area contributed by atoms with Crippen LogP contribution in [0.1, 0.15) is 33.3 Å². The van der Waals surface area contributed by atoms with E-state index < -0.39 is 5.91 Å². The molecule has 3 rings (SSSR count). The maximum Gasteiger partial charge on any atom is 0.274 e. The number of aromatic nitrogens is 2. The number of para-hydroxylation sites is 1. The van der Waals surface area contributed by atoms with Crippen LogP contribution in [0.25, 0.3) is 0 Å². The van der Waals surface area contributed by atoms with Crippen LogP contribution in [-0.4, -0.2) is 21.7 Å². The quantitative estimate of drug-likeness (QED) is 0.676. The molecular weight excluding hydrogens is 342 g/mol. The monoisotopic (exact) mass is 357 g/mol. The van der Waals surface area contributed by atoms with Gasteiger partial charge in [-0.25, -0.2) is 9.97 Å². The van der Waals surface area contributed by atoms with Gasteiger partial charge in [-0.05, 0) is 43.3 Å². The third kappa shape index (κ3) is 4.32. The van der Waals surface area contributed by atoms with Crippen LogP contribution in [0.4, 0.5) is 17.2 Å². The van der Waals surface area contributed by atoms with Gasteiger partial charge in [-0.1, -0.05) is 12.1 Å². The highest BCUT2D eigenvalue weighted by Crippen LogP contribution is 2.18. The van der Waals surface area contributed by atoms with Crippen molar-refractivity contribution >= 4 is 28.9 Å². The summed E-state index contributed by atoms with van der Waals surface area (Å²) >= 11 is 0. The van der Waals surface area contributed by atoms with Gasteiger partial charge in [0, 0.05) is 17.3 Å². The van der Waals surface area contributed by atoms with E-state index >= 15 is 0 Å². The van der Waals surface area contributed by atoms with Gasteiger partial charge in [-0.15, -0.1) is 0 Å². The van der Waals surface area contributed by atoms with Crippen molar-refractivity contribution in [3.63, 3.8) is 0 Å². The van der Waals surface area contributed by atoms with Crippen LogP contribution < -0.4 is 10.6 Å². The molecule has 0 radical (unpaired) electrons. The van der Waals surface area contributed by atoms with Crippen LogP contribution in [0.2, 0.25) is 0 Å². The summed E-state index contributed by atoms with van der Waals surface area (Å²) in [7, 11) is 0. The van der Waals surface area contributed by atoms with Crippen molar-refractivity contribution in [1.29, 1.82) is 5.26 Å². The SMILES string of the molecule is CC(=O)c1ccc(Nc2cc(C(=O)Nc3ccccc3C#N)ncn2)cc1. The first-order valence-corrected chi connectivity index (χ1v) is 8.07. The Hall–Kier alpha value is -4.05. The number of hydrogen-bond donors (Lipinski definition) is 2. The van der Waals surface area contributed by atoms with Crippen molar-refractivity contribution in [2.45, 2.75) is 6.92 Å². The Balaban J connectivity index is 1.76. The second-order valence-corrected chi connectivity index (χ2v) is 5.66. The van der Waals surface area contributed by atoms with Crippen LogP contribution >= 0.6 is 0 Å². The lowest BCUT2D eigenvalue weighted by molar-refractivity contribution is 0.101. The first-order valence-electron chi connectivity index (χ1n) is 8.07. The number of carbonyl (C=O) groups is 2. The molecule has 7 nitrogen and oxygen atoms in total. The molecule has 2 aromatic carbocycles. The maximum absolute atomic E-state index is 12.4. The first kappa shape index (κ1) is 17.8. The number of nitrogens with zero attached hydrogens (tertiary/aromatic N) is 3. The Morgan fingerprint density at radius 3 is 2.48 bits per heavy atom. The minimum Gasteiger partial charge on any atom is -0.340 e. The van der Waals surface area contributed by atoms with E-state index in [0.29, 0.717) is 22.6 Å². The highest BCUT2D eigenvalue weighted by atomic mass is 16.2. The third-order valence-corrected chi connectivity index (χ3v) is 3.76. The lowest BCUT2D eigenvalue weighted by Gasteiger charge is -2.09. The first-order chi connectivity index (χ1) is 13.1. The molecule has 0 fully saturated rings. The summed E-state index contributed by atoms with van der Waals surface area (Å²) < 4.78 is 0. The molecule has 0 spiro atoms. The van der Waals surface area contributed by atoms with Crippen LogP contribution in [0.3, 0.4) is 0 Å². The van der Waals surface area contributed by atoms with E-state index in [2.05, 4.69) is 20.6 Å². The number of rotatable bonds is 5. The predicted molar refractivity (Wildman–Crippen MR) is 101 cm³/mol. The summed E-state index contributed by atoms with van der Waals surface area (Å²) in [6.07, 6.45) is 1.28. The van der Waals surface area contributed by atoms with Crippen LogP contribution in [0.15, 0.2) is 60.9 Å². The van der Waals surface area contributed by atoms with E-state index in [1.165, 1.54) is 19.3 Å². The zero-order valence-corrected chi connectivity index (χ0v) is 14.4. The van der Waals surface area contributed by atoms with Gasteiger partial charge >= 0.3 is 0 Å². The number of nitrogens with one attached hydrogen (secondary N) is 2. The molecular formula is C20H15N5O2. The molecule has 0 unspecified atom stereocenters. The zero-order valence-electron chi connectivity index (χ0n) is 14.4. The second-order valence-electron chi connectivity index (χ2n) is 5.66. The van der Waals surface area contributed by atoms with Gasteiger partial charge in [-0.2, -0.15) is 5.26 Å². The topological polar surface area (TPSA) is 108 Å². The molecule has 0 aliphatic carbocycles. The Morgan fingerprint density at radius 1 is 1.04 bits per heavy atom. The van der Waals surface area contributed by atoms with Gasteiger partial charge in [0.05, 0.1) is 11.3 Å². The Kier molecular flexibility index (Phi) is 5.19. The Bertz CT molecular complexity index is 1040. The number of Topliss-reactive ketones (excluding diaryl/α,β-unsaturated/α-hetero) is 1. The summed E-state index contributed by atoms with van der Waals surface area (Å²) in [5.74, 6) is -0.0328. The second kappa shape index (κ2) is 7.89. The molecule has 1 aromatic heterocycles. The van der Waals surface area contributed by atoms with Crippen LogP contribution in [0, 0.1) is 11.3 Å². The van der Waals surface area contributed by atoms with Crippen molar-refractivity contribution in [2.75, 3.05) is 10.6 Å². The Morgan fingerprint density at radius 2 is 1.78 bits per heavy atom. The number of hydrogen-bond acceptors (Lipinski definition) is 6. The highest BCUT2D eigenvalue weighted by Gasteiger charge is 2.11. The molecule has 0 saturated heterocycles. The largest absolute Gasteiger partial charge is 0.340 e. The van der Waals surface area contributed by atoms with Crippen molar-refractivity contribution < 1.29 is 9.59 Å². The van der Waals surface area contributed by atoms with E-state index in [-0.39, 0.29) is 11.5 Å². The standard InChI is InChI=1S/C20H15N5O2/c1-13(26)14-6-8-16(9-7-14)24-19-10-18(22-12-23-19)20(27)25-17-5-3-2-4-15(17)11-21/h2-10,12H,1H3,(H,25,27)(H,22,23,24). The fourth-order valence-corrected chi connectivity index (χ4v) is 2.36. The fraction of sp³-hybridized carbons (Fsp3) is 0.0500. The van der Waals surface area contributed by atoms with Gasteiger partial charge in [0.25, 0.3) is 5.91 Å². The normalized spacial score (nSPS) is 9.93. The number of carbonyl (C=O) groups excluding carboxylic acids is 2. The zero-order chi connectivity index (χ0) is 19.2. The van der Waals surface area contributed by atoms with E-state index in [4.69, 9.17) is 5.26 Å². The molecule has 1 heterocycles. The molecule has 0 atom stereocenters. The van der Waals surface area contributed by atoms with E-state index in [0.717, 1.165) is 5.69 Å². The molecule has 0 bridgehead atoms. The molecule has 1 amide bonds. The van der Waals surface area contributed by atoms with Crippen molar-refractivity contribution in [3.8, 4) is 6.07 Å². The smallest absolute Gasteiger partial charge is 0.274 e. The molecule has 7 heteroatoms. The summed E-state index contributed by atoms with van der Waals surface area (Å²) in [6, 6.07) is 17.2. The summed E-state index contributed by atoms with van der Waals surface area (Å²) in [6.45, 7) is 1.50. The predicted octanol–water partition coefficient (Wildman–Crippen LogP) is 3.55. The van der Waals surface area contributed by atoms with Gasteiger partial charge in [-0.3, -0.25) is 9.59 Å². The maximum atomic E-state index is 12.4. The summed E-state index contributed by atoms with van der Waals surface area (Å²) in [5, 5.41) is 14.8. The lowest BCUT2D eigenvalue weighted by Crippen LogP contribution is -2.15. The van der Waals surface area contributed by atoms with Crippen molar-refractivity contribution in [1.82, 2.24) is 9.97 Å². The van der Waals surface area contributed by atoms with Gasteiger partial charge in [0.2, 0.25) is 0 Å². The highest BCUT2D eigenvalue weighted by molar-refractivity contribution is 6.04. The molecule has 132 valence electrons. The van der Waals surface area contributed by atoms with Gasteiger partial charge < -0.3 is 10.6 Å². The number of benzene rings is 2. The number of anilines is 3. The molecule has 0 aliphatic rings. The third-order valence-electron chi connectivity index (χ3n) is 3.76. The lowest BCUT2D eigenvalue weighted by atomic mass is 10.1. The Labute approximate surface area is 155 Å². The molecule has 0 saturated carbocycles. The fourth-order valence-electron chi connectivity index (χ4n) is 2.36. The minimum absolute atomic E-state index is 0.0137. The summed E-state index contributed by atoms with van der Waals surface area (Å²) in [4.78, 5) is 31.8. The molecule has 27 heavy (non-hydrogen) atoms. The van der Waals surface area contributed by atoms with Crippen LogP contribution in [0.5, 0.6) is 0 Å². The molecule has 0 aliphatic heterocycles. The number of amides is 1. The minimum atomic E-state index is -0.449. The molecule has 2 N–H and O–H groups in total. The van der Waals surface area contributed by atoms with Crippen molar-refractivity contribution in [3.05, 3.63) is 77.7 Å². The van der Waals surface area contributed by atoms with Crippen LogP contribution in [-0.2, 0) is 0 Å². The average Bonchev–Trinajstić information content (AvgIpc) is 2.69. The number of nitriles is 1. The van der Waals surface area contributed by atoms with E-state index in [1.807, 2.05) is 6.07 Å².